The molecule has 0 saturated carbocycles. The first-order valence-electron chi connectivity index (χ1n) is 6.91. The molecule has 1 aromatic heterocycles. The van der Waals surface area contributed by atoms with Gasteiger partial charge in [0.1, 0.15) is 5.82 Å². The summed E-state index contributed by atoms with van der Waals surface area (Å²) < 4.78 is 13.2. The molecule has 2 nitrogen and oxygen atoms in total. The van der Waals surface area contributed by atoms with Crippen LogP contribution < -0.4 is 5.32 Å². The molecule has 0 amide bonds. The van der Waals surface area contributed by atoms with Crippen molar-refractivity contribution in [3.63, 3.8) is 0 Å². The van der Waals surface area contributed by atoms with Crippen molar-refractivity contribution < 1.29 is 4.39 Å². The largest absolute Gasteiger partial charge is 0.304 e. The van der Waals surface area contributed by atoms with Crippen molar-refractivity contribution >= 4 is 0 Å². The minimum Gasteiger partial charge on any atom is -0.304 e. The van der Waals surface area contributed by atoms with Gasteiger partial charge in [0.05, 0.1) is 6.20 Å². The van der Waals surface area contributed by atoms with Crippen LogP contribution in [0.3, 0.4) is 0 Å². The fraction of sp³-hybridized carbons (Fsp3) is 0.353. The Balaban J connectivity index is 2.15. The van der Waals surface area contributed by atoms with E-state index in [1.54, 1.807) is 6.20 Å². The molecule has 2 aromatic rings. The number of hydrogen-bond acceptors (Lipinski definition) is 2. The highest BCUT2D eigenvalue weighted by Crippen LogP contribution is 2.22. The number of nitrogens with one attached hydrogen (secondary N) is 1. The first kappa shape index (κ1) is 14.7. The van der Waals surface area contributed by atoms with E-state index in [9.17, 15) is 4.39 Å². The van der Waals surface area contributed by atoms with Crippen molar-refractivity contribution in [2.45, 2.75) is 39.8 Å². The second-order valence-electron chi connectivity index (χ2n) is 5.41. The van der Waals surface area contributed by atoms with Gasteiger partial charge in [0.15, 0.2) is 0 Å². The molecule has 2 atom stereocenters. The fourth-order valence-electron chi connectivity index (χ4n) is 2.45. The molecule has 0 radical (unpaired) electrons. The van der Waals surface area contributed by atoms with E-state index in [0.717, 1.165) is 5.56 Å². The second kappa shape index (κ2) is 6.14. The third-order valence-electron chi connectivity index (χ3n) is 3.63. The van der Waals surface area contributed by atoms with Crippen LogP contribution in [0.4, 0.5) is 4.39 Å². The molecule has 2 rings (SSSR count). The topological polar surface area (TPSA) is 24.9 Å². The monoisotopic (exact) mass is 272 g/mol. The van der Waals surface area contributed by atoms with Crippen molar-refractivity contribution in [1.29, 1.82) is 0 Å². The lowest BCUT2D eigenvalue weighted by Gasteiger charge is -2.22. The molecular formula is C17H21FN2. The van der Waals surface area contributed by atoms with Crippen molar-refractivity contribution in [2.75, 3.05) is 0 Å². The van der Waals surface area contributed by atoms with Gasteiger partial charge in [-0.3, -0.25) is 4.98 Å². The van der Waals surface area contributed by atoms with Crippen LogP contribution in [0.15, 0.2) is 36.7 Å². The van der Waals surface area contributed by atoms with E-state index >= 15 is 0 Å². The third-order valence-corrected chi connectivity index (χ3v) is 3.63. The van der Waals surface area contributed by atoms with Crippen LogP contribution >= 0.6 is 0 Å². The molecule has 2 unspecified atom stereocenters. The zero-order valence-corrected chi connectivity index (χ0v) is 12.4. The molecule has 0 aliphatic carbocycles. The summed E-state index contributed by atoms with van der Waals surface area (Å²) in [6.45, 7) is 8.36. The predicted octanol–water partition coefficient (Wildman–Crippen LogP) is 4.25. The van der Waals surface area contributed by atoms with Gasteiger partial charge in [0.25, 0.3) is 0 Å². The van der Waals surface area contributed by atoms with E-state index in [2.05, 4.69) is 49.3 Å². The Morgan fingerprint density at radius 2 is 1.80 bits per heavy atom. The summed E-state index contributed by atoms with van der Waals surface area (Å²) in [7, 11) is 0. The Labute approximate surface area is 120 Å². The maximum absolute atomic E-state index is 13.2. The number of aromatic nitrogens is 1. The van der Waals surface area contributed by atoms with E-state index in [-0.39, 0.29) is 17.9 Å². The van der Waals surface area contributed by atoms with Gasteiger partial charge < -0.3 is 5.32 Å². The number of nitrogens with zero attached hydrogens (tertiary/aromatic N) is 1. The Morgan fingerprint density at radius 1 is 1.05 bits per heavy atom. The van der Waals surface area contributed by atoms with Crippen molar-refractivity contribution in [2.24, 2.45) is 0 Å². The highest BCUT2D eigenvalue weighted by molar-refractivity contribution is 5.33. The Kier molecular flexibility index (Phi) is 4.50. The molecular weight excluding hydrogens is 251 g/mol. The average molecular weight is 272 g/mol. The normalized spacial score (nSPS) is 14.1. The molecule has 106 valence electrons. The zero-order chi connectivity index (χ0) is 14.7. The van der Waals surface area contributed by atoms with Gasteiger partial charge in [0.2, 0.25) is 0 Å². The van der Waals surface area contributed by atoms with E-state index in [4.69, 9.17) is 0 Å². The number of halogens is 1. The lowest BCUT2D eigenvalue weighted by molar-refractivity contribution is 0.488. The van der Waals surface area contributed by atoms with E-state index in [1.807, 2.05) is 6.92 Å². The van der Waals surface area contributed by atoms with Gasteiger partial charge in [-0.1, -0.05) is 23.8 Å². The SMILES string of the molecule is Cc1ccc(C)c(C(C)NC(C)c2cncc(F)c2)c1. The highest BCUT2D eigenvalue weighted by Gasteiger charge is 2.13. The maximum Gasteiger partial charge on any atom is 0.141 e. The summed E-state index contributed by atoms with van der Waals surface area (Å²) in [5.74, 6) is -0.296. The van der Waals surface area contributed by atoms with E-state index in [0.29, 0.717) is 0 Å². The molecule has 20 heavy (non-hydrogen) atoms. The quantitative estimate of drug-likeness (QED) is 0.900. The van der Waals surface area contributed by atoms with Gasteiger partial charge in [-0.15, -0.1) is 0 Å². The van der Waals surface area contributed by atoms with Gasteiger partial charge in [0, 0.05) is 18.3 Å². The lowest BCUT2D eigenvalue weighted by Crippen LogP contribution is -2.23. The first-order valence-corrected chi connectivity index (χ1v) is 6.91. The summed E-state index contributed by atoms with van der Waals surface area (Å²) in [5.41, 5.74) is 4.66. The fourth-order valence-corrected chi connectivity index (χ4v) is 2.45. The molecule has 0 aliphatic heterocycles. The summed E-state index contributed by atoms with van der Waals surface area (Å²) >= 11 is 0. The summed E-state index contributed by atoms with van der Waals surface area (Å²) in [6.07, 6.45) is 2.93. The molecule has 0 bridgehead atoms. The number of pyridine rings is 1. The Bertz CT molecular complexity index is 595. The highest BCUT2D eigenvalue weighted by atomic mass is 19.1. The van der Waals surface area contributed by atoms with Crippen LogP contribution in [-0.2, 0) is 0 Å². The standard InChI is InChI=1S/C17H21FN2/c1-11-5-6-12(2)17(7-11)14(4)20-13(3)15-8-16(18)10-19-9-15/h5-10,13-14,20H,1-4H3. The predicted molar refractivity (Wildman–Crippen MR) is 80.1 cm³/mol. The molecule has 1 heterocycles. The van der Waals surface area contributed by atoms with Crippen LogP contribution in [0.5, 0.6) is 0 Å². The molecule has 0 fully saturated rings. The van der Waals surface area contributed by atoms with Gasteiger partial charge in [-0.05, 0) is 50.5 Å². The van der Waals surface area contributed by atoms with Crippen molar-refractivity contribution in [3.8, 4) is 0 Å². The van der Waals surface area contributed by atoms with Crippen LogP contribution in [0.25, 0.3) is 0 Å². The summed E-state index contributed by atoms with van der Waals surface area (Å²) in [6, 6.07) is 8.23. The smallest absolute Gasteiger partial charge is 0.141 e. The van der Waals surface area contributed by atoms with Crippen LogP contribution in [-0.4, -0.2) is 4.98 Å². The molecule has 0 saturated heterocycles. The lowest BCUT2D eigenvalue weighted by atomic mass is 9.99. The maximum atomic E-state index is 13.2. The average Bonchev–Trinajstić information content (AvgIpc) is 2.41. The minimum absolute atomic E-state index is 0.0492. The summed E-state index contributed by atoms with van der Waals surface area (Å²) in [5, 5.41) is 3.50. The molecule has 1 N–H and O–H groups in total. The van der Waals surface area contributed by atoms with E-state index in [1.165, 1.54) is 29.0 Å². The van der Waals surface area contributed by atoms with Gasteiger partial charge >= 0.3 is 0 Å². The van der Waals surface area contributed by atoms with Crippen molar-refractivity contribution in [1.82, 2.24) is 10.3 Å². The number of benzene rings is 1. The third kappa shape index (κ3) is 3.42. The number of aryl methyl sites for hydroxylation is 2. The van der Waals surface area contributed by atoms with E-state index < -0.39 is 0 Å². The molecule has 0 aliphatic rings. The Morgan fingerprint density at radius 3 is 2.50 bits per heavy atom. The first-order chi connectivity index (χ1) is 9.47. The van der Waals surface area contributed by atoms with Gasteiger partial charge in [-0.25, -0.2) is 4.39 Å². The van der Waals surface area contributed by atoms with Crippen LogP contribution in [0.2, 0.25) is 0 Å². The molecule has 3 heteroatoms. The zero-order valence-electron chi connectivity index (χ0n) is 12.4. The molecule has 0 spiro atoms. The summed E-state index contributed by atoms with van der Waals surface area (Å²) in [4.78, 5) is 3.90. The molecule has 1 aromatic carbocycles. The van der Waals surface area contributed by atoms with Gasteiger partial charge in [-0.2, -0.15) is 0 Å². The van der Waals surface area contributed by atoms with Crippen molar-refractivity contribution in [3.05, 3.63) is 64.7 Å². The number of rotatable bonds is 4. The van der Waals surface area contributed by atoms with Crippen LogP contribution in [0, 0.1) is 19.7 Å². The minimum atomic E-state index is -0.296. The Hall–Kier alpha value is -1.74. The number of hydrogen-bond donors (Lipinski definition) is 1. The second-order valence-corrected chi connectivity index (χ2v) is 5.41. The van der Waals surface area contributed by atoms with Crippen LogP contribution in [0.1, 0.15) is 48.2 Å².